The molecule has 1 aromatic carbocycles. The molecule has 0 N–H and O–H groups in total. The SMILES string of the molecule is CCCCC(C)(Cc1ccc(OCCN=[N+]=[N-])cc1)C(=O)OCC. The molecule has 0 aliphatic carbocycles. The molecule has 1 rings (SSSR count). The molecule has 6 heteroatoms. The first-order valence-electron chi connectivity index (χ1n) is 8.45. The second-order valence-electron chi connectivity index (χ2n) is 6.01. The number of hydrogen-bond donors (Lipinski definition) is 0. The fourth-order valence-electron chi connectivity index (χ4n) is 2.54. The molecular weight excluding hydrogens is 306 g/mol. The molecule has 0 amide bonds. The first-order chi connectivity index (χ1) is 11.6. The summed E-state index contributed by atoms with van der Waals surface area (Å²) in [5.41, 5.74) is 8.79. The molecule has 0 aliphatic heterocycles. The zero-order valence-corrected chi connectivity index (χ0v) is 14.8. The predicted octanol–water partition coefficient (Wildman–Crippen LogP) is 4.68. The van der Waals surface area contributed by atoms with Gasteiger partial charge in [-0.2, -0.15) is 0 Å². The minimum Gasteiger partial charge on any atom is -0.493 e. The average Bonchev–Trinajstić information content (AvgIpc) is 2.58. The van der Waals surface area contributed by atoms with Crippen molar-refractivity contribution in [1.82, 2.24) is 0 Å². The largest absolute Gasteiger partial charge is 0.493 e. The maximum Gasteiger partial charge on any atom is 0.312 e. The van der Waals surface area contributed by atoms with Crippen molar-refractivity contribution >= 4 is 5.97 Å². The van der Waals surface area contributed by atoms with Crippen LogP contribution in [0.25, 0.3) is 10.4 Å². The molecular formula is C18H27N3O3. The predicted molar refractivity (Wildman–Crippen MR) is 93.9 cm³/mol. The van der Waals surface area contributed by atoms with Crippen molar-refractivity contribution < 1.29 is 14.3 Å². The van der Waals surface area contributed by atoms with Crippen LogP contribution in [0.2, 0.25) is 0 Å². The third kappa shape index (κ3) is 6.50. The van der Waals surface area contributed by atoms with Gasteiger partial charge in [-0.25, -0.2) is 0 Å². The van der Waals surface area contributed by atoms with Crippen LogP contribution in [0.15, 0.2) is 29.4 Å². The first-order valence-corrected chi connectivity index (χ1v) is 8.45. The summed E-state index contributed by atoms with van der Waals surface area (Å²) in [6.45, 7) is 6.98. The summed E-state index contributed by atoms with van der Waals surface area (Å²) in [5.74, 6) is 0.589. The van der Waals surface area contributed by atoms with Crippen LogP contribution in [0.3, 0.4) is 0 Å². The molecule has 24 heavy (non-hydrogen) atoms. The molecule has 0 aliphatic rings. The van der Waals surface area contributed by atoms with Gasteiger partial charge >= 0.3 is 5.97 Å². The lowest BCUT2D eigenvalue weighted by Crippen LogP contribution is -2.32. The van der Waals surface area contributed by atoms with E-state index in [-0.39, 0.29) is 5.97 Å². The van der Waals surface area contributed by atoms with Crippen molar-refractivity contribution in [3.8, 4) is 5.75 Å². The molecule has 0 saturated carbocycles. The lowest BCUT2D eigenvalue weighted by molar-refractivity contribution is -0.154. The monoisotopic (exact) mass is 333 g/mol. The van der Waals surface area contributed by atoms with Crippen molar-refractivity contribution in [3.63, 3.8) is 0 Å². The Hall–Kier alpha value is -2.20. The van der Waals surface area contributed by atoms with Crippen molar-refractivity contribution in [2.75, 3.05) is 19.8 Å². The Kier molecular flexibility index (Phi) is 8.72. The summed E-state index contributed by atoms with van der Waals surface area (Å²) in [7, 11) is 0. The summed E-state index contributed by atoms with van der Waals surface area (Å²) in [6.07, 6.45) is 3.50. The maximum absolute atomic E-state index is 12.4. The quantitative estimate of drug-likeness (QED) is 0.194. The van der Waals surface area contributed by atoms with Crippen LogP contribution in [0.4, 0.5) is 0 Å². The Morgan fingerprint density at radius 3 is 2.58 bits per heavy atom. The molecule has 0 saturated heterocycles. The standard InChI is InChI=1S/C18H27N3O3/c1-4-6-11-18(3,17(22)23-5-2)14-15-7-9-16(10-8-15)24-13-12-20-21-19/h7-10H,4-6,11-14H2,1-3H3. The van der Waals surface area contributed by atoms with Crippen molar-refractivity contribution in [3.05, 3.63) is 40.3 Å². The van der Waals surface area contributed by atoms with Gasteiger partial charge in [0, 0.05) is 4.91 Å². The molecule has 0 bridgehead atoms. The van der Waals surface area contributed by atoms with Gasteiger partial charge in [0.1, 0.15) is 5.75 Å². The zero-order chi connectivity index (χ0) is 17.8. The highest BCUT2D eigenvalue weighted by atomic mass is 16.5. The molecule has 0 aromatic heterocycles. The number of ether oxygens (including phenoxy) is 2. The van der Waals surface area contributed by atoms with E-state index in [0.717, 1.165) is 30.6 Å². The number of carbonyl (C=O) groups excluding carboxylic acids is 1. The number of esters is 1. The van der Waals surface area contributed by atoms with Gasteiger partial charge in [-0.15, -0.1) is 0 Å². The second-order valence-corrected chi connectivity index (χ2v) is 6.01. The highest BCUT2D eigenvalue weighted by Gasteiger charge is 2.34. The molecule has 6 nitrogen and oxygen atoms in total. The minimum absolute atomic E-state index is 0.131. The fraction of sp³-hybridized carbons (Fsp3) is 0.611. The third-order valence-corrected chi connectivity index (χ3v) is 3.89. The van der Waals surface area contributed by atoms with Crippen LogP contribution < -0.4 is 4.74 Å². The topological polar surface area (TPSA) is 84.3 Å². The highest BCUT2D eigenvalue weighted by Crippen LogP contribution is 2.31. The van der Waals surface area contributed by atoms with Gasteiger partial charge < -0.3 is 9.47 Å². The summed E-state index contributed by atoms with van der Waals surface area (Å²) in [6, 6.07) is 7.67. The number of hydrogen-bond acceptors (Lipinski definition) is 4. The van der Waals surface area contributed by atoms with Gasteiger partial charge in [0.2, 0.25) is 0 Å². The summed E-state index contributed by atoms with van der Waals surface area (Å²) < 4.78 is 10.8. The van der Waals surface area contributed by atoms with Gasteiger partial charge in [-0.3, -0.25) is 4.79 Å². The maximum atomic E-state index is 12.4. The van der Waals surface area contributed by atoms with E-state index >= 15 is 0 Å². The van der Waals surface area contributed by atoms with E-state index in [1.54, 1.807) is 0 Å². The number of rotatable bonds is 11. The van der Waals surface area contributed by atoms with Crippen LogP contribution in [-0.2, 0) is 16.0 Å². The number of azide groups is 1. The van der Waals surface area contributed by atoms with E-state index in [1.807, 2.05) is 38.1 Å². The van der Waals surface area contributed by atoms with Crippen molar-refractivity contribution in [2.45, 2.75) is 46.5 Å². The zero-order valence-electron chi connectivity index (χ0n) is 14.8. The van der Waals surface area contributed by atoms with Gasteiger partial charge in [0.25, 0.3) is 0 Å². The number of unbranched alkanes of at least 4 members (excludes halogenated alkanes) is 1. The van der Waals surface area contributed by atoms with Crippen LogP contribution in [0, 0.1) is 5.41 Å². The smallest absolute Gasteiger partial charge is 0.312 e. The molecule has 0 fully saturated rings. The number of carbonyl (C=O) groups is 1. The summed E-state index contributed by atoms with van der Waals surface area (Å²) in [5, 5.41) is 3.42. The lowest BCUT2D eigenvalue weighted by atomic mass is 9.79. The second kappa shape index (κ2) is 10.6. The number of benzene rings is 1. The summed E-state index contributed by atoms with van der Waals surface area (Å²) >= 11 is 0. The fourth-order valence-corrected chi connectivity index (χ4v) is 2.54. The van der Waals surface area contributed by atoms with Crippen molar-refractivity contribution in [2.24, 2.45) is 10.5 Å². The third-order valence-electron chi connectivity index (χ3n) is 3.89. The minimum atomic E-state index is -0.504. The van der Waals surface area contributed by atoms with Crippen LogP contribution in [0.1, 0.15) is 45.6 Å². The molecule has 1 aromatic rings. The Morgan fingerprint density at radius 2 is 2.00 bits per heavy atom. The lowest BCUT2D eigenvalue weighted by Gasteiger charge is -2.27. The molecule has 1 atom stereocenters. The van der Waals surface area contributed by atoms with Gasteiger partial charge in [0.05, 0.1) is 25.2 Å². The van der Waals surface area contributed by atoms with E-state index in [1.165, 1.54) is 0 Å². The van der Waals surface area contributed by atoms with E-state index in [4.69, 9.17) is 15.0 Å². The van der Waals surface area contributed by atoms with Crippen LogP contribution in [-0.4, -0.2) is 25.7 Å². The normalized spacial score (nSPS) is 12.8. The Balaban J connectivity index is 2.71. The van der Waals surface area contributed by atoms with Crippen molar-refractivity contribution in [1.29, 1.82) is 0 Å². The van der Waals surface area contributed by atoms with Gasteiger partial charge in [0.15, 0.2) is 0 Å². The molecule has 0 heterocycles. The van der Waals surface area contributed by atoms with Gasteiger partial charge in [-0.05, 0) is 49.9 Å². The van der Waals surface area contributed by atoms with E-state index in [9.17, 15) is 4.79 Å². The van der Waals surface area contributed by atoms with Gasteiger partial charge in [-0.1, -0.05) is 37.0 Å². The number of nitrogens with zero attached hydrogens (tertiary/aromatic N) is 3. The van der Waals surface area contributed by atoms with E-state index in [2.05, 4.69) is 16.9 Å². The highest BCUT2D eigenvalue weighted by molar-refractivity contribution is 5.76. The molecule has 0 spiro atoms. The molecule has 0 radical (unpaired) electrons. The Bertz CT molecular complexity index is 553. The Labute approximate surface area is 143 Å². The molecule has 1 unspecified atom stereocenters. The van der Waals surface area contributed by atoms with E-state index < -0.39 is 5.41 Å². The summed E-state index contributed by atoms with van der Waals surface area (Å²) in [4.78, 5) is 15.0. The average molecular weight is 333 g/mol. The Morgan fingerprint density at radius 1 is 1.29 bits per heavy atom. The van der Waals surface area contributed by atoms with E-state index in [0.29, 0.717) is 26.2 Å². The first kappa shape index (κ1) is 19.8. The van der Waals surface area contributed by atoms with Crippen LogP contribution >= 0.6 is 0 Å². The molecule has 132 valence electrons. The van der Waals surface area contributed by atoms with Crippen LogP contribution in [0.5, 0.6) is 5.75 Å².